The fourth-order valence-corrected chi connectivity index (χ4v) is 4.04. The summed E-state index contributed by atoms with van der Waals surface area (Å²) in [5.41, 5.74) is -4.19. The van der Waals surface area contributed by atoms with Gasteiger partial charge < -0.3 is 4.90 Å². The molecule has 1 saturated carbocycles. The van der Waals surface area contributed by atoms with Crippen LogP contribution < -0.4 is 9.62 Å². The van der Waals surface area contributed by atoms with Gasteiger partial charge >= 0.3 is 15.5 Å². The predicted molar refractivity (Wildman–Crippen MR) is 102 cm³/mol. The summed E-state index contributed by atoms with van der Waals surface area (Å²) in [4.78, 5) is 13.3. The van der Waals surface area contributed by atoms with Crippen molar-refractivity contribution in [2.45, 2.75) is 43.7 Å². The smallest absolute Gasteiger partial charge is 0.368 e. The van der Waals surface area contributed by atoms with Gasteiger partial charge in [-0.2, -0.15) is 31.6 Å². The molecule has 1 aliphatic heterocycles. The lowest BCUT2D eigenvalue weighted by molar-refractivity contribution is -0.0429. The van der Waals surface area contributed by atoms with Crippen molar-refractivity contribution in [2.24, 2.45) is 10.2 Å². The first-order chi connectivity index (χ1) is 14.2. The van der Waals surface area contributed by atoms with E-state index in [-0.39, 0.29) is 17.3 Å². The van der Waals surface area contributed by atoms with Gasteiger partial charge in [-0.1, -0.05) is 0 Å². The highest BCUT2D eigenvalue weighted by Crippen LogP contribution is 2.42. The summed E-state index contributed by atoms with van der Waals surface area (Å²) >= 11 is 0. The number of sulfonamides is 1. The molecule has 0 bridgehead atoms. The molecule has 160 valence electrons. The Balaban J connectivity index is 1.76. The molecule has 0 saturated heterocycles. The Morgan fingerprint density at radius 2 is 1.83 bits per heavy atom. The number of fused-ring (bicyclic) bond motifs is 1. The number of nitrogens with zero attached hydrogens (tertiary/aromatic N) is 6. The van der Waals surface area contributed by atoms with E-state index >= 15 is 0 Å². The van der Waals surface area contributed by atoms with E-state index in [0.717, 1.165) is 43.5 Å². The van der Waals surface area contributed by atoms with Crippen molar-refractivity contribution in [3.63, 3.8) is 0 Å². The van der Waals surface area contributed by atoms with Crippen LogP contribution >= 0.6 is 0 Å². The summed E-state index contributed by atoms with van der Waals surface area (Å²) in [5, 5.41) is 7.71. The number of aromatic nitrogens is 3. The lowest BCUT2D eigenvalue weighted by Crippen LogP contribution is -2.43. The van der Waals surface area contributed by atoms with E-state index < -0.39 is 15.5 Å². The number of rotatable bonds is 5. The molecular weight excluding hydrogens is 423 g/mol. The van der Waals surface area contributed by atoms with E-state index in [0.29, 0.717) is 12.5 Å². The maximum Gasteiger partial charge on any atom is 0.516 e. The molecule has 9 nitrogen and oxygen atoms in total. The summed E-state index contributed by atoms with van der Waals surface area (Å²) in [6, 6.07) is 3.30. The highest BCUT2D eigenvalue weighted by Gasteiger charge is 2.46. The predicted octanol–water partition coefficient (Wildman–Crippen LogP) is 3.85. The number of azo groups is 1. The molecule has 0 radical (unpaired) electrons. The van der Waals surface area contributed by atoms with Crippen molar-refractivity contribution in [3.8, 4) is 0 Å². The maximum absolute atomic E-state index is 13.0. The minimum Gasteiger partial charge on any atom is -0.368 e. The van der Waals surface area contributed by atoms with Crippen LogP contribution in [0.4, 0.5) is 36.2 Å². The van der Waals surface area contributed by atoms with E-state index in [2.05, 4.69) is 30.1 Å². The first-order valence-corrected chi connectivity index (χ1v) is 10.8. The third kappa shape index (κ3) is 4.06. The second kappa shape index (κ2) is 7.78. The Morgan fingerprint density at radius 3 is 2.47 bits per heavy atom. The average Bonchev–Trinajstić information content (AvgIpc) is 2.65. The highest BCUT2D eigenvalue weighted by molar-refractivity contribution is 7.93. The van der Waals surface area contributed by atoms with Crippen molar-refractivity contribution in [1.29, 1.82) is 0 Å². The standard InChI is InChI=1S/C17H18F3N7O2S/c18-17(19,20)30(28,29)26-14-8-15-11(3-2-6-27(15)12-4-1-5-12)7-13(14)24-25-16-22-9-21-10-23-16/h7-10,12,26H,1-6H2. The van der Waals surface area contributed by atoms with Crippen LogP contribution in [0.3, 0.4) is 0 Å². The first-order valence-electron chi connectivity index (χ1n) is 9.31. The number of hydrogen-bond acceptors (Lipinski definition) is 8. The lowest BCUT2D eigenvalue weighted by atomic mass is 9.88. The molecule has 1 N–H and O–H groups in total. The van der Waals surface area contributed by atoms with Crippen LogP contribution in [0, 0.1) is 0 Å². The van der Waals surface area contributed by atoms with Gasteiger partial charge in [0.05, 0.1) is 5.69 Å². The molecule has 0 spiro atoms. The molecule has 1 aromatic heterocycles. The topological polar surface area (TPSA) is 113 Å². The molecule has 2 aliphatic rings. The minimum atomic E-state index is -5.62. The summed E-state index contributed by atoms with van der Waals surface area (Å²) in [5.74, 6) is -0.0524. The molecule has 30 heavy (non-hydrogen) atoms. The summed E-state index contributed by atoms with van der Waals surface area (Å²) < 4.78 is 64.0. The molecule has 0 atom stereocenters. The zero-order chi connectivity index (χ0) is 21.4. The van der Waals surface area contributed by atoms with Gasteiger partial charge in [0.1, 0.15) is 18.3 Å². The van der Waals surface area contributed by atoms with Gasteiger partial charge in [0.15, 0.2) is 0 Å². The number of halogens is 3. The van der Waals surface area contributed by atoms with E-state index in [1.165, 1.54) is 18.7 Å². The van der Waals surface area contributed by atoms with Crippen LogP contribution in [-0.2, 0) is 16.4 Å². The molecule has 2 aromatic rings. The SMILES string of the molecule is O=S(=O)(Nc1cc2c(cc1N=Nc1ncncn1)CCCN2C1CCC1)C(F)(F)F. The second-order valence-electron chi connectivity index (χ2n) is 7.07. The average molecular weight is 441 g/mol. The van der Waals surface area contributed by atoms with Crippen LogP contribution in [-0.4, -0.2) is 41.5 Å². The number of anilines is 2. The van der Waals surface area contributed by atoms with Crippen molar-refractivity contribution in [1.82, 2.24) is 15.0 Å². The van der Waals surface area contributed by atoms with Crippen molar-refractivity contribution in [2.75, 3.05) is 16.2 Å². The van der Waals surface area contributed by atoms with Crippen molar-refractivity contribution in [3.05, 3.63) is 30.4 Å². The van der Waals surface area contributed by atoms with Gasteiger partial charge in [-0.25, -0.2) is 4.98 Å². The third-order valence-electron chi connectivity index (χ3n) is 5.14. The van der Waals surface area contributed by atoms with Gasteiger partial charge in [-0.05, 0) is 49.8 Å². The van der Waals surface area contributed by atoms with Gasteiger partial charge in [-0.15, -0.1) is 10.2 Å². The van der Waals surface area contributed by atoms with Gasteiger partial charge in [0.2, 0.25) is 0 Å². The zero-order valence-corrected chi connectivity index (χ0v) is 16.5. The zero-order valence-electron chi connectivity index (χ0n) is 15.7. The Hall–Kier alpha value is -2.83. The second-order valence-corrected chi connectivity index (χ2v) is 8.74. The van der Waals surface area contributed by atoms with Crippen molar-refractivity contribution >= 4 is 33.0 Å². The number of nitrogens with one attached hydrogen (secondary N) is 1. The number of aryl methyl sites for hydroxylation is 1. The monoisotopic (exact) mass is 441 g/mol. The van der Waals surface area contributed by atoms with E-state index in [1.807, 2.05) is 0 Å². The minimum absolute atomic E-state index is 0.0440. The Labute approximate surface area is 170 Å². The Morgan fingerprint density at radius 1 is 1.10 bits per heavy atom. The molecular formula is C17H18F3N7O2S. The molecule has 4 rings (SSSR count). The quantitative estimate of drug-likeness (QED) is 0.705. The number of benzene rings is 1. The Kier molecular flexibility index (Phi) is 5.30. The summed E-state index contributed by atoms with van der Waals surface area (Å²) in [7, 11) is -5.62. The lowest BCUT2D eigenvalue weighted by Gasteiger charge is -2.42. The van der Waals surface area contributed by atoms with Crippen LogP contribution in [0.5, 0.6) is 0 Å². The largest absolute Gasteiger partial charge is 0.516 e. The molecule has 1 aliphatic carbocycles. The molecule has 13 heteroatoms. The van der Waals surface area contributed by atoms with Crippen LogP contribution in [0.15, 0.2) is 35.0 Å². The highest BCUT2D eigenvalue weighted by atomic mass is 32.2. The molecule has 1 aromatic carbocycles. The normalized spacial score (nSPS) is 17.6. The maximum atomic E-state index is 13.0. The van der Waals surface area contributed by atoms with Gasteiger partial charge in [0.25, 0.3) is 5.95 Å². The molecule has 2 heterocycles. The van der Waals surface area contributed by atoms with Gasteiger partial charge in [0, 0.05) is 18.3 Å². The van der Waals surface area contributed by atoms with E-state index in [9.17, 15) is 21.6 Å². The fourth-order valence-electron chi connectivity index (χ4n) is 3.48. The van der Waals surface area contributed by atoms with Crippen LogP contribution in [0.25, 0.3) is 0 Å². The van der Waals surface area contributed by atoms with E-state index in [4.69, 9.17) is 0 Å². The fraction of sp³-hybridized carbons (Fsp3) is 0.471. The van der Waals surface area contributed by atoms with E-state index in [1.54, 1.807) is 10.8 Å². The van der Waals surface area contributed by atoms with Gasteiger partial charge in [-0.3, -0.25) is 4.72 Å². The number of hydrogen-bond donors (Lipinski definition) is 1. The molecule has 0 unspecified atom stereocenters. The van der Waals surface area contributed by atoms with Crippen LogP contribution in [0.1, 0.15) is 31.2 Å². The Bertz CT molecular complexity index is 1060. The third-order valence-corrected chi connectivity index (χ3v) is 6.24. The first kappa shape index (κ1) is 20.4. The number of alkyl halides is 3. The molecule has 0 amide bonds. The van der Waals surface area contributed by atoms with Crippen LogP contribution in [0.2, 0.25) is 0 Å². The van der Waals surface area contributed by atoms with Crippen molar-refractivity contribution < 1.29 is 21.6 Å². The summed E-state index contributed by atoms with van der Waals surface area (Å²) in [6.07, 6.45) is 7.09. The summed E-state index contributed by atoms with van der Waals surface area (Å²) in [6.45, 7) is 0.773. The molecule has 1 fully saturated rings.